The third kappa shape index (κ3) is 2.36. The zero-order valence-corrected chi connectivity index (χ0v) is 15.0. The molecule has 0 bridgehead atoms. The molecule has 0 amide bonds. The molecule has 2 unspecified atom stereocenters. The molecule has 0 aromatic heterocycles. The van der Waals surface area contributed by atoms with Gasteiger partial charge in [-0.05, 0) is 29.2 Å². The third-order valence-corrected chi connectivity index (χ3v) is 8.78. The lowest BCUT2D eigenvalue weighted by atomic mass is 10.0. The van der Waals surface area contributed by atoms with Gasteiger partial charge in [-0.3, -0.25) is 0 Å². The predicted octanol–water partition coefficient (Wildman–Crippen LogP) is 5.93. The maximum Gasteiger partial charge on any atom is 0.127 e. The summed E-state index contributed by atoms with van der Waals surface area (Å²) >= 11 is 0. The van der Waals surface area contributed by atoms with Crippen molar-refractivity contribution in [1.29, 1.82) is 0 Å². The predicted molar refractivity (Wildman–Crippen MR) is 102 cm³/mol. The van der Waals surface area contributed by atoms with Gasteiger partial charge < -0.3 is 4.57 Å². The lowest BCUT2D eigenvalue weighted by Crippen LogP contribution is -2.19. The Bertz CT molecular complexity index is 940. The van der Waals surface area contributed by atoms with E-state index in [1.807, 2.05) is 18.2 Å². The van der Waals surface area contributed by atoms with Crippen LogP contribution in [0.25, 0.3) is 11.1 Å². The first kappa shape index (κ1) is 15.4. The highest BCUT2D eigenvalue weighted by atomic mass is 31.2. The average Bonchev–Trinajstić information content (AvgIpc) is 2.62. The van der Waals surface area contributed by atoms with Crippen molar-refractivity contribution in [3.63, 3.8) is 0 Å². The topological polar surface area (TPSA) is 17.1 Å². The lowest BCUT2D eigenvalue weighted by molar-refractivity contribution is 0.573. The fourth-order valence-corrected chi connectivity index (χ4v) is 6.96. The van der Waals surface area contributed by atoms with Crippen LogP contribution in [0.3, 0.4) is 0 Å². The van der Waals surface area contributed by atoms with Gasteiger partial charge in [-0.2, -0.15) is 0 Å². The normalized spacial score (nSPS) is 20.1. The summed E-state index contributed by atoms with van der Waals surface area (Å²) in [4.78, 5) is 0. The second-order valence-corrected chi connectivity index (χ2v) is 9.88. The molecule has 0 spiro atoms. The zero-order valence-electron chi connectivity index (χ0n) is 14.1. The van der Waals surface area contributed by atoms with Gasteiger partial charge in [0.1, 0.15) is 7.14 Å². The van der Waals surface area contributed by atoms with Crippen molar-refractivity contribution in [2.75, 3.05) is 0 Å². The number of benzene rings is 3. The summed E-state index contributed by atoms with van der Waals surface area (Å²) in [5.41, 5.74) is 6.00. The van der Waals surface area contributed by atoms with E-state index in [0.29, 0.717) is 6.16 Å². The summed E-state index contributed by atoms with van der Waals surface area (Å²) in [6, 6.07) is 25.1. The quantitative estimate of drug-likeness (QED) is 0.532. The van der Waals surface area contributed by atoms with Gasteiger partial charge in [-0.15, -0.1) is 0 Å². The first-order valence-corrected chi connectivity index (χ1v) is 10.4. The molecule has 0 saturated carbocycles. The number of hydrogen-bond donors (Lipinski definition) is 0. The highest BCUT2D eigenvalue weighted by Crippen LogP contribution is 2.64. The van der Waals surface area contributed by atoms with E-state index < -0.39 is 7.14 Å². The Morgan fingerprint density at radius 1 is 0.833 bits per heavy atom. The Hall–Kier alpha value is -2.11. The SMILES string of the molecule is Cc1ccc(C(C)P2(=O)Cc3ccccc3-c3ccccc32)cc1. The van der Waals surface area contributed by atoms with Crippen LogP contribution < -0.4 is 5.30 Å². The van der Waals surface area contributed by atoms with Gasteiger partial charge >= 0.3 is 0 Å². The Morgan fingerprint density at radius 2 is 1.46 bits per heavy atom. The van der Waals surface area contributed by atoms with E-state index in [-0.39, 0.29) is 5.66 Å². The molecular formula is C22H21OP. The number of rotatable bonds is 2. The second-order valence-electron chi connectivity index (χ2n) is 6.71. The van der Waals surface area contributed by atoms with Crippen LogP contribution in [0.5, 0.6) is 0 Å². The first-order valence-electron chi connectivity index (χ1n) is 8.43. The minimum Gasteiger partial charge on any atom is -0.318 e. The maximum atomic E-state index is 14.2. The number of fused-ring (bicyclic) bond motifs is 3. The van der Waals surface area contributed by atoms with E-state index in [9.17, 15) is 4.57 Å². The molecule has 2 atom stereocenters. The van der Waals surface area contributed by atoms with Gasteiger partial charge in [-0.1, -0.05) is 85.3 Å². The molecule has 0 aliphatic carbocycles. The second kappa shape index (κ2) is 5.76. The molecule has 0 saturated heterocycles. The van der Waals surface area contributed by atoms with Crippen molar-refractivity contribution in [3.05, 3.63) is 89.5 Å². The molecule has 24 heavy (non-hydrogen) atoms. The van der Waals surface area contributed by atoms with Crippen LogP contribution in [-0.4, -0.2) is 0 Å². The smallest absolute Gasteiger partial charge is 0.127 e. The zero-order chi connectivity index (χ0) is 16.7. The van der Waals surface area contributed by atoms with Crippen LogP contribution >= 0.6 is 7.14 Å². The van der Waals surface area contributed by atoms with E-state index >= 15 is 0 Å². The van der Waals surface area contributed by atoms with Crippen LogP contribution in [0.15, 0.2) is 72.8 Å². The molecule has 0 N–H and O–H groups in total. The number of aryl methyl sites for hydroxylation is 1. The highest BCUT2D eigenvalue weighted by molar-refractivity contribution is 7.71. The van der Waals surface area contributed by atoms with E-state index in [2.05, 4.69) is 68.4 Å². The fraction of sp³-hybridized carbons (Fsp3) is 0.182. The van der Waals surface area contributed by atoms with Crippen LogP contribution in [0.1, 0.15) is 29.3 Å². The highest BCUT2D eigenvalue weighted by Gasteiger charge is 2.38. The van der Waals surface area contributed by atoms with Gasteiger partial charge in [0.15, 0.2) is 0 Å². The molecule has 0 fully saturated rings. The van der Waals surface area contributed by atoms with Crippen molar-refractivity contribution >= 4 is 12.4 Å². The van der Waals surface area contributed by atoms with E-state index in [1.165, 1.54) is 16.7 Å². The minimum absolute atomic E-state index is 0.0209. The van der Waals surface area contributed by atoms with Crippen molar-refractivity contribution in [2.45, 2.75) is 25.7 Å². The van der Waals surface area contributed by atoms with E-state index in [4.69, 9.17) is 0 Å². The van der Waals surface area contributed by atoms with E-state index in [0.717, 1.165) is 16.4 Å². The molecule has 1 aliphatic rings. The fourth-order valence-electron chi connectivity index (χ4n) is 3.72. The van der Waals surface area contributed by atoms with Crippen molar-refractivity contribution in [3.8, 4) is 11.1 Å². The standard InChI is InChI=1S/C22H21OP/c1-16-11-13-18(14-12-16)17(2)24(23)15-19-7-3-4-8-20(19)21-9-5-6-10-22(21)24/h3-14,17H,15H2,1-2H3. The Labute approximate surface area is 143 Å². The Kier molecular flexibility index (Phi) is 3.70. The van der Waals surface area contributed by atoms with Crippen LogP contribution in [0.4, 0.5) is 0 Å². The van der Waals surface area contributed by atoms with Gasteiger partial charge in [0.25, 0.3) is 0 Å². The summed E-state index contributed by atoms with van der Waals surface area (Å²) in [6.45, 7) is 4.21. The van der Waals surface area contributed by atoms with Gasteiger partial charge in [0.05, 0.1) is 0 Å². The first-order chi connectivity index (χ1) is 11.6. The Morgan fingerprint density at radius 3 is 2.21 bits per heavy atom. The van der Waals surface area contributed by atoms with Crippen molar-refractivity contribution in [2.24, 2.45) is 0 Å². The molecule has 120 valence electrons. The molecular weight excluding hydrogens is 311 g/mol. The van der Waals surface area contributed by atoms with Gasteiger partial charge in [-0.25, -0.2) is 0 Å². The van der Waals surface area contributed by atoms with Crippen molar-refractivity contribution < 1.29 is 4.57 Å². The molecule has 1 nitrogen and oxygen atoms in total. The summed E-state index contributed by atoms with van der Waals surface area (Å²) in [6.07, 6.45) is 0.648. The summed E-state index contributed by atoms with van der Waals surface area (Å²) in [5, 5.41) is 1.04. The van der Waals surface area contributed by atoms with Crippen LogP contribution in [0, 0.1) is 6.92 Å². The summed E-state index contributed by atoms with van der Waals surface area (Å²) in [5.74, 6) is 0. The molecule has 1 heterocycles. The van der Waals surface area contributed by atoms with E-state index in [1.54, 1.807) is 0 Å². The molecule has 3 aromatic carbocycles. The Balaban J connectivity index is 1.89. The number of hydrogen-bond acceptors (Lipinski definition) is 1. The third-order valence-electron chi connectivity index (χ3n) is 5.21. The minimum atomic E-state index is -2.56. The van der Waals surface area contributed by atoms with Crippen LogP contribution in [0.2, 0.25) is 0 Å². The molecule has 0 radical (unpaired) electrons. The van der Waals surface area contributed by atoms with Crippen LogP contribution in [-0.2, 0) is 10.7 Å². The lowest BCUT2D eigenvalue weighted by Gasteiger charge is -2.32. The maximum absolute atomic E-state index is 14.2. The van der Waals surface area contributed by atoms with Gasteiger partial charge in [0, 0.05) is 17.1 Å². The van der Waals surface area contributed by atoms with Gasteiger partial charge in [0.2, 0.25) is 0 Å². The van der Waals surface area contributed by atoms with Crippen molar-refractivity contribution in [1.82, 2.24) is 0 Å². The summed E-state index contributed by atoms with van der Waals surface area (Å²) < 4.78 is 14.2. The summed E-state index contributed by atoms with van der Waals surface area (Å²) in [7, 11) is -2.56. The molecule has 4 rings (SSSR count). The largest absolute Gasteiger partial charge is 0.318 e. The monoisotopic (exact) mass is 332 g/mol. The molecule has 2 heteroatoms. The molecule has 1 aliphatic heterocycles. The average molecular weight is 332 g/mol. The molecule has 3 aromatic rings.